The van der Waals surface area contributed by atoms with Gasteiger partial charge in [0.2, 0.25) is 5.91 Å². The van der Waals surface area contributed by atoms with Crippen LogP contribution in [0.1, 0.15) is 42.6 Å². The molecule has 30 heavy (non-hydrogen) atoms. The number of anilines is 1. The molecular formula is C22H22FN3O4. The Morgan fingerprint density at radius 3 is 2.43 bits per heavy atom. The number of benzene rings is 2. The predicted molar refractivity (Wildman–Crippen MR) is 108 cm³/mol. The van der Waals surface area contributed by atoms with E-state index in [0.29, 0.717) is 18.4 Å². The van der Waals surface area contributed by atoms with Crippen molar-refractivity contribution in [2.24, 2.45) is 0 Å². The highest BCUT2D eigenvalue weighted by Gasteiger charge is 2.52. The largest absolute Gasteiger partial charge is 0.326 e. The van der Waals surface area contributed by atoms with Gasteiger partial charge >= 0.3 is 6.03 Å². The third-order valence-corrected chi connectivity index (χ3v) is 4.96. The van der Waals surface area contributed by atoms with Crippen LogP contribution >= 0.6 is 0 Å². The Balaban J connectivity index is 1.85. The zero-order valence-corrected chi connectivity index (χ0v) is 16.7. The first kappa shape index (κ1) is 21.2. The second-order valence-electron chi connectivity index (χ2n) is 7.14. The summed E-state index contributed by atoms with van der Waals surface area (Å²) in [6.07, 6.45) is 0.994. The average Bonchev–Trinajstić information content (AvgIpc) is 2.93. The molecule has 1 aliphatic heterocycles. The highest BCUT2D eigenvalue weighted by atomic mass is 19.1. The fraction of sp³-hybridized carbons (Fsp3) is 0.273. The molecule has 0 aromatic heterocycles. The molecule has 0 spiro atoms. The van der Waals surface area contributed by atoms with Crippen LogP contribution in [0.3, 0.4) is 0 Å². The van der Waals surface area contributed by atoms with E-state index in [0.717, 1.165) is 11.0 Å². The predicted octanol–water partition coefficient (Wildman–Crippen LogP) is 3.21. The van der Waals surface area contributed by atoms with Gasteiger partial charge in [0, 0.05) is 12.6 Å². The van der Waals surface area contributed by atoms with E-state index in [1.165, 1.54) is 19.1 Å². The molecule has 0 saturated carbocycles. The number of hydrogen-bond acceptors (Lipinski definition) is 4. The molecule has 1 aliphatic rings. The second-order valence-corrected chi connectivity index (χ2v) is 7.14. The number of amides is 4. The number of ketones is 1. The third-order valence-electron chi connectivity index (χ3n) is 4.96. The second kappa shape index (κ2) is 8.44. The van der Waals surface area contributed by atoms with Gasteiger partial charge < -0.3 is 10.6 Å². The smallest absolute Gasteiger partial charge is 0.325 e. The molecule has 7 nitrogen and oxygen atoms in total. The van der Waals surface area contributed by atoms with Crippen LogP contribution in [0.2, 0.25) is 0 Å². The first-order valence-electron chi connectivity index (χ1n) is 9.58. The van der Waals surface area contributed by atoms with Crippen LogP contribution in [0.25, 0.3) is 0 Å². The van der Waals surface area contributed by atoms with Gasteiger partial charge in [-0.1, -0.05) is 43.7 Å². The quantitative estimate of drug-likeness (QED) is 0.540. The first-order chi connectivity index (χ1) is 14.3. The standard InChI is InChI=1S/C22H22FN3O4/c1-3-11-22(15-7-5-4-6-8-15)20(29)26(21(30)25-22)13-19(28)17-10-9-16(12-18(17)23)24-14(2)27/h4-10,12H,3,11,13H2,1-2H3,(H,24,27)(H,25,30). The van der Waals surface area contributed by atoms with E-state index in [2.05, 4.69) is 10.6 Å². The number of carbonyl (C=O) groups is 4. The van der Waals surface area contributed by atoms with Gasteiger partial charge in [0.15, 0.2) is 5.78 Å². The fourth-order valence-corrected chi connectivity index (χ4v) is 3.63. The van der Waals surface area contributed by atoms with E-state index >= 15 is 0 Å². The van der Waals surface area contributed by atoms with E-state index < -0.39 is 35.6 Å². The van der Waals surface area contributed by atoms with Crippen LogP contribution in [-0.4, -0.2) is 35.1 Å². The molecule has 1 atom stereocenters. The minimum Gasteiger partial charge on any atom is -0.326 e. The Kier molecular flexibility index (Phi) is 5.96. The number of urea groups is 1. The number of halogens is 1. The summed E-state index contributed by atoms with van der Waals surface area (Å²) < 4.78 is 14.4. The molecule has 2 aromatic rings. The van der Waals surface area contributed by atoms with Crippen molar-refractivity contribution >= 4 is 29.3 Å². The maximum Gasteiger partial charge on any atom is 0.325 e. The Hall–Kier alpha value is -3.55. The minimum absolute atomic E-state index is 0.206. The van der Waals surface area contributed by atoms with E-state index in [9.17, 15) is 23.6 Å². The third kappa shape index (κ3) is 3.94. The maximum atomic E-state index is 14.4. The molecule has 1 unspecified atom stereocenters. The minimum atomic E-state index is -1.25. The zero-order chi connectivity index (χ0) is 21.9. The van der Waals surface area contributed by atoms with Gasteiger partial charge in [-0.3, -0.25) is 19.3 Å². The summed E-state index contributed by atoms with van der Waals surface area (Å²) in [5.41, 5.74) is -0.678. The Labute approximate surface area is 173 Å². The maximum absolute atomic E-state index is 14.4. The summed E-state index contributed by atoms with van der Waals surface area (Å²) in [6.45, 7) is 2.59. The van der Waals surface area contributed by atoms with Crippen molar-refractivity contribution in [2.75, 3.05) is 11.9 Å². The number of rotatable bonds is 7. The number of Topliss-reactive ketones (excluding diaryl/α,β-unsaturated/α-hetero) is 1. The summed E-state index contributed by atoms with van der Waals surface area (Å²) in [6, 6.07) is 11.8. The van der Waals surface area contributed by atoms with Gasteiger partial charge in [-0.05, 0) is 30.2 Å². The van der Waals surface area contributed by atoms with Crippen LogP contribution in [0.4, 0.5) is 14.9 Å². The lowest BCUT2D eigenvalue weighted by molar-refractivity contribution is -0.131. The molecule has 3 rings (SSSR count). The summed E-state index contributed by atoms with van der Waals surface area (Å²) in [4.78, 5) is 50.3. The summed E-state index contributed by atoms with van der Waals surface area (Å²) >= 11 is 0. The summed E-state index contributed by atoms with van der Waals surface area (Å²) in [5.74, 6) is -2.47. The number of hydrogen-bond donors (Lipinski definition) is 2. The molecule has 8 heteroatoms. The van der Waals surface area contributed by atoms with Gasteiger partial charge in [0.25, 0.3) is 5.91 Å². The van der Waals surface area contributed by atoms with Crippen LogP contribution in [0.15, 0.2) is 48.5 Å². The van der Waals surface area contributed by atoms with Crippen molar-refractivity contribution in [3.05, 3.63) is 65.5 Å². The van der Waals surface area contributed by atoms with Gasteiger partial charge in [-0.25, -0.2) is 9.18 Å². The van der Waals surface area contributed by atoms with Crippen LogP contribution in [0.5, 0.6) is 0 Å². The molecule has 1 fully saturated rings. The molecule has 0 aliphatic carbocycles. The topological polar surface area (TPSA) is 95.6 Å². The molecule has 2 aromatic carbocycles. The van der Waals surface area contributed by atoms with Gasteiger partial charge in [-0.15, -0.1) is 0 Å². The molecule has 0 radical (unpaired) electrons. The summed E-state index contributed by atoms with van der Waals surface area (Å²) in [7, 11) is 0. The molecule has 156 valence electrons. The van der Waals surface area contributed by atoms with Crippen molar-refractivity contribution < 1.29 is 23.6 Å². The molecule has 0 bridgehead atoms. The van der Waals surface area contributed by atoms with Crippen molar-refractivity contribution in [1.82, 2.24) is 10.2 Å². The SMILES string of the molecule is CCCC1(c2ccccc2)NC(=O)N(CC(=O)c2ccc(NC(C)=O)cc2F)C1=O. The fourth-order valence-electron chi connectivity index (χ4n) is 3.63. The van der Waals surface area contributed by atoms with Crippen LogP contribution in [0, 0.1) is 5.82 Å². The van der Waals surface area contributed by atoms with E-state index in [1.54, 1.807) is 30.3 Å². The van der Waals surface area contributed by atoms with E-state index in [1.807, 2.05) is 6.92 Å². The van der Waals surface area contributed by atoms with Crippen molar-refractivity contribution in [3.63, 3.8) is 0 Å². The van der Waals surface area contributed by atoms with Crippen molar-refractivity contribution in [2.45, 2.75) is 32.2 Å². The van der Waals surface area contributed by atoms with Crippen LogP contribution < -0.4 is 10.6 Å². The Morgan fingerprint density at radius 1 is 1.13 bits per heavy atom. The number of nitrogens with one attached hydrogen (secondary N) is 2. The lowest BCUT2D eigenvalue weighted by Gasteiger charge is -2.26. The number of imide groups is 1. The zero-order valence-electron chi connectivity index (χ0n) is 16.7. The summed E-state index contributed by atoms with van der Waals surface area (Å²) in [5, 5.41) is 5.15. The van der Waals surface area contributed by atoms with Gasteiger partial charge in [0.1, 0.15) is 11.4 Å². The van der Waals surface area contributed by atoms with Crippen LogP contribution in [-0.2, 0) is 15.1 Å². The van der Waals surface area contributed by atoms with Gasteiger partial charge in [0.05, 0.1) is 12.1 Å². The molecule has 4 amide bonds. The molecule has 1 saturated heterocycles. The normalized spacial score (nSPS) is 18.3. The molecular weight excluding hydrogens is 389 g/mol. The Bertz CT molecular complexity index is 1010. The highest BCUT2D eigenvalue weighted by molar-refractivity contribution is 6.11. The number of carbonyl (C=O) groups excluding carboxylic acids is 4. The lowest BCUT2D eigenvalue weighted by atomic mass is 9.85. The monoisotopic (exact) mass is 411 g/mol. The molecule has 2 N–H and O–H groups in total. The van der Waals surface area contributed by atoms with Crippen molar-refractivity contribution in [3.8, 4) is 0 Å². The number of nitrogens with zero attached hydrogens (tertiary/aromatic N) is 1. The molecule has 1 heterocycles. The average molecular weight is 411 g/mol. The Morgan fingerprint density at radius 2 is 1.83 bits per heavy atom. The van der Waals surface area contributed by atoms with E-state index in [4.69, 9.17) is 0 Å². The first-order valence-corrected chi connectivity index (χ1v) is 9.58. The van der Waals surface area contributed by atoms with Gasteiger partial charge in [-0.2, -0.15) is 0 Å². The van der Waals surface area contributed by atoms with E-state index in [-0.39, 0.29) is 17.2 Å². The van der Waals surface area contributed by atoms with Crippen molar-refractivity contribution in [1.29, 1.82) is 0 Å². The highest BCUT2D eigenvalue weighted by Crippen LogP contribution is 2.33. The lowest BCUT2D eigenvalue weighted by Crippen LogP contribution is -2.44.